The molecule has 5 nitrogen and oxygen atoms in total. The van der Waals surface area contributed by atoms with Crippen molar-refractivity contribution in [3.05, 3.63) is 108 Å². The molecular weight excluding hydrogens is 360 g/mol. The molecule has 0 saturated carbocycles. The Labute approximate surface area is 169 Å². The summed E-state index contributed by atoms with van der Waals surface area (Å²) in [4.78, 5) is 12.2. The first-order valence-corrected chi connectivity index (χ1v) is 9.31. The third-order valence-electron chi connectivity index (χ3n) is 4.49. The van der Waals surface area contributed by atoms with Crippen LogP contribution in [0.1, 0.15) is 21.5 Å². The fourth-order valence-electron chi connectivity index (χ4n) is 2.95. The molecule has 0 spiro atoms. The highest BCUT2D eigenvalue weighted by molar-refractivity contribution is 5.95. The molecule has 4 aromatic rings. The topological polar surface area (TPSA) is 59.3 Å². The first-order chi connectivity index (χ1) is 14.2. The van der Waals surface area contributed by atoms with E-state index in [0.29, 0.717) is 5.56 Å². The predicted octanol–water partition coefficient (Wildman–Crippen LogP) is 4.61. The van der Waals surface area contributed by atoms with E-state index in [-0.39, 0.29) is 5.91 Å². The highest BCUT2D eigenvalue weighted by atomic mass is 16.2. The van der Waals surface area contributed by atoms with Gasteiger partial charge in [-0.25, -0.2) is 10.1 Å². The Hall–Kier alpha value is -3.99. The number of benzene rings is 3. The smallest absolute Gasteiger partial charge is 0.267 e. The summed E-state index contributed by atoms with van der Waals surface area (Å²) < 4.78 is 1.82. The van der Waals surface area contributed by atoms with Gasteiger partial charge < -0.3 is 0 Å². The van der Waals surface area contributed by atoms with Crippen molar-refractivity contribution in [2.24, 2.45) is 5.10 Å². The van der Waals surface area contributed by atoms with Crippen LogP contribution in [0.15, 0.2) is 96.2 Å². The van der Waals surface area contributed by atoms with E-state index in [9.17, 15) is 4.79 Å². The van der Waals surface area contributed by atoms with E-state index in [4.69, 9.17) is 5.10 Å². The Bertz CT molecular complexity index is 1130. The number of hydrogen-bond donors (Lipinski definition) is 1. The first-order valence-electron chi connectivity index (χ1n) is 9.31. The van der Waals surface area contributed by atoms with Gasteiger partial charge in [-0.2, -0.15) is 10.2 Å². The molecule has 5 heteroatoms. The molecule has 1 heterocycles. The summed E-state index contributed by atoms with van der Waals surface area (Å²) in [6.07, 6.45) is 3.53. The number of hydrazone groups is 1. The fourth-order valence-corrected chi connectivity index (χ4v) is 2.95. The maximum Gasteiger partial charge on any atom is 0.271 e. The first kappa shape index (κ1) is 18.4. The van der Waals surface area contributed by atoms with Crippen LogP contribution in [0.3, 0.4) is 0 Å². The standard InChI is InChI=1S/C24H20N4O/c1-18-12-14-19(15-13-18)23-21(17-28(27-23)22-10-6-3-7-11-22)16-25-26-24(29)20-8-4-2-5-9-20/h2-17H,1H3,(H,26,29)/b25-16+. The van der Waals surface area contributed by atoms with Crippen molar-refractivity contribution in [2.75, 3.05) is 0 Å². The summed E-state index contributed by atoms with van der Waals surface area (Å²) in [5, 5.41) is 8.90. The lowest BCUT2D eigenvalue weighted by atomic mass is 10.1. The van der Waals surface area contributed by atoms with E-state index in [2.05, 4.69) is 22.7 Å². The number of rotatable bonds is 5. The molecule has 0 fully saturated rings. The minimum absolute atomic E-state index is 0.255. The molecule has 1 amide bonds. The van der Waals surface area contributed by atoms with Gasteiger partial charge in [-0.05, 0) is 31.2 Å². The van der Waals surface area contributed by atoms with Crippen LogP contribution < -0.4 is 5.43 Å². The van der Waals surface area contributed by atoms with E-state index in [0.717, 1.165) is 22.5 Å². The second-order valence-corrected chi connectivity index (χ2v) is 6.64. The largest absolute Gasteiger partial charge is 0.271 e. The minimum atomic E-state index is -0.255. The van der Waals surface area contributed by atoms with Gasteiger partial charge in [0.05, 0.1) is 11.9 Å². The second-order valence-electron chi connectivity index (χ2n) is 6.64. The number of aryl methyl sites for hydroxylation is 1. The summed E-state index contributed by atoms with van der Waals surface area (Å²) in [5.74, 6) is -0.255. The monoisotopic (exact) mass is 380 g/mol. The quantitative estimate of drug-likeness (QED) is 0.406. The van der Waals surface area contributed by atoms with Gasteiger partial charge in [-0.1, -0.05) is 66.2 Å². The maximum absolute atomic E-state index is 12.2. The molecule has 0 unspecified atom stereocenters. The van der Waals surface area contributed by atoms with Crippen molar-refractivity contribution in [1.82, 2.24) is 15.2 Å². The van der Waals surface area contributed by atoms with Gasteiger partial charge in [-0.3, -0.25) is 4.79 Å². The number of aromatic nitrogens is 2. The summed E-state index contributed by atoms with van der Waals surface area (Å²) in [5.41, 5.74) is 7.87. The highest BCUT2D eigenvalue weighted by Gasteiger charge is 2.11. The van der Waals surface area contributed by atoms with Crippen molar-refractivity contribution in [2.45, 2.75) is 6.92 Å². The van der Waals surface area contributed by atoms with Gasteiger partial charge in [0.2, 0.25) is 0 Å². The summed E-state index contributed by atoms with van der Waals surface area (Å²) in [6, 6.07) is 27.0. The Morgan fingerprint density at radius 2 is 1.59 bits per heavy atom. The predicted molar refractivity (Wildman–Crippen MR) is 115 cm³/mol. The molecule has 0 aliphatic rings. The Morgan fingerprint density at radius 3 is 2.28 bits per heavy atom. The molecule has 3 aromatic carbocycles. The molecule has 29 heavy (non-hydrogen) atoms. The molecule has 0 bridgehead atoms. The lowest BCUT2D eigenvalue weighted by molar-refractivity contribution is 0.0955. The van der Waals surface area contributed by atoms with Crippen LogP contribution >= 0.6 is 0 Å². The van der Waals surface area contributed by atoms with Crippen molar-refractivity contribution in [3.8, 4) is 16.9 Å². The van der Waals surface area contributed by atoms with Crippen LogP contribution in [-0.4, -0.2) is 21.9 Å². The molecule has 0 saturated heterocycles. The van der Waals surface area contributed by atoms with Crippen LogP contribution in [0.4, 0.5) is 0 Å². The lowest BCUT2D eigenvalue weighted by Crippen LogP contribution is -2.17. The summed E-state index contributed by atoms with van der Waals surface area (Å²) >= 11 is 0. The minimum Gasteiger partial charge on any atom is -0.267 e. The number of nitrogens with one attached hydrogen (secondary N) is 1. The number of carbonyl (C=O) groups excluding carboxylic acids is 1. The average molecular weight is 380 g/mol. The van der Waals surface area contributed by atoms with Gasteiger partial charge >= 0.3 is 0 Å². The molecular formula is C24H20N4O. The zero-order valence-corrected chi connectivity index (χ0v) is 16.0. The Morgan fingerprint density at radius 1 is 0.931 bits per heavy atom. The summed E-state index contributed by atoms with van der Waals surface area (Å²) in [6.45, 7) is 2.05. The number of nitrogens with zero attached hydrogens (tertiary/aromatic N) is 3. The SMILES string of the molecule is Cc1ccc(-c2nn(-c3ccccc3)cc2/C=N/NC(=O)c2ccccc2)cc1. The maximum atomic E-state index is 12.2. The Balaban J connectivity index is 1.64. The van der Waals surface area contributed by atoms with Crippen LogP contribution in [0.2, 0.25) is 0 Å². The van der Waals surface area contributed by atoms with Crippen LogP contribution in [0.5, 0.6) is 0 Å². The number of amides is 1. The second kappa shape index (κ2) is 8.35. The molecule has 0 aliphatic heterocycles. The van der Waals surface area contributed by atoms with Crippen LogP contribution in [0.25, 0.3) is 16.9 Å². The van der Waals surface area contributed by atoms with Gasteiger partial charge in [-0.15, -0.1) is 0 Å². The number of hydrogen-bond acceptors (Lipinski definition) is 3. The van der Waals surface area contributed by atoms with Gasteiger partial charge in [0.15, 0.2) is 0 Å². The number of carbonyl (C=O) groups is 1. The zero-order valence-electron chi connectivity index (χ0n) is 16.0. The van der Waals surface area contributed by atoms with Crippen molar-refractivity contribution < 1.29 is 4.79 Å². The fraction of sp³-hybridized carbons (Fsp3) is 0.0417. The molecule has 1 aromatic heterocycles. The van der Waals surface area contributed by atoms with E-state index < -0.39 is 0 Å². The Kier molecular flexibility index (Phi) is 5.29. The van der Waals surface area contributed by atoms with Crippen molar-refractivity contribution in [3.63, 3.8) is 0 Å². The molecule has 0 radical (unpaired) electrons. The third kappa shape index (κ3) is 4.30. The molecule has 142 valence electrons. The third-order valence-corrected chi connectivity index (χ3v) is 4.49. The molecule has 0 atom stereocenters. The van der Waals surface area contributed by atoms with Gasteiger partial charge in [0.1, 0.15) is 5.69 Å². The van der Waals surface area contributed by atoms with Crippen molar-refractivity contribution >= 4 is 12.1 Å². The normalized spacial score (nSPS) is 10.9. The van der Waals surface area contributed by atoms with E-state index >= 15 is 0 Å². The number of para-hydroxylation sites is 1. The average Bonchev–Trinajstić information content (AvgIpc) is 3.19. The van der Waals surface area contributed by atoms with E-state index in [1.165, 1.54) is 5.56 Å². The molecule has 4 rings (SSSR count). The molecule has 0 aliphatic carbocycles. The summed E-state index contributed by atoms with van der Waals surface area (Å²) in [7, 11) is 0. The van der Waals surface area contributed by atoms with Gasteiger partial charge in [0.25, 0.3) is 5.91 Å². The van der Waals surface area contributed by atoms with E-state index in [1.807, 2.05) is 78.5 Å². The molecule has 1 N–H and O–H groups in total. The van der Waals surface area contributed by atoms with Crippen molar-refractivity contribution in [1.29, 1.82) is 0 Å². The van der Waals surface area contributed by atoms with Crippen LogP contribution in [0, 0.1) is 6.92 Å². The zero-order chi connectivity index (χ0) is 20.1. The van der Waals surface area contributed by atoms with Crippen LogP contribution in [-0.2, 0) is 0 Å². The van der Waals surface area contributed by atoms with Gasteiger partial charge in [0, 0.05) is 22.9 Å². The van der Waals surface area contributed by atoms with E-state index in [1.54, 1.807) is 18.3 Å². The lowest BCUT2D eigenvalue weighted by Gasteiger charge is -2.01. The highest BCUT2D eigenvalue weighted by Crippen LogP contribution is 2.23.